The zero-order valence-electron chi connectivity index (χ0n) is 16.3. The predicted octanol–water partition coefficient (Wildman–Crippen LogP) is 3.06. The molecule has 0 radical (unpaired) electrons. The van der Waals surface area contributed by atoms with E-state index in [0.717, 1.165) is 45.4 Å². The van der Waals surface area contributed by atoms with Crippen molar-refractivity contribution in [2.45, 2.75) is 50.4 Å². The number of fused-ring (bicyclic) bond motifs is 2. The molecule has 1 aromatic carbocycles. The Bertz CT molecular complexity index is 904. The first-order chi connectivity index (χ1) is 13.7. The average Bonchev–Trinajstić information content (AvgIpc) is 3.38. The standard InChI is InChI=1S/C23H29N3O2/c27-22(15-3-1-4-15)25-11-18-19-13-26(14-23(19)9-7-21(18)28-23)12-16-5-2-6-20-17(16)8-10-24-20/h2,5-6,8,10,15,18-19,21,24H,1,3-4,7,9,11-14H2,(H,25,27)/t18-,19+,21+,23+/m0/s1. The third kappa shape index (κ3) is 2.56. The van der Waals surface area contributed by atoms with Gasteiger partial charge in [-0.15, -0.1) is 0 Å². The van der Waals surface area contributed by atoms with E-state index < -0.39 is 0 Å². The summed E-state index contributed by atoms with van der Waals surface area (Å²) in [6.45, 7) is 3.89. The summed E-state index contributed by atoms with van der Waals surface area (Å²) in [5.41, 5.74) is 2.63. The molecule has 5 nitrogen and oxygen atoms in total. The number of benzene rings is 1. The minimum absolute atomic E-state index is 0.0303. The summed E-state index contributed by atoms with van der Waals surface area (Å²) >= 11 is 0. The number of ether oxygens (including phenoxy) is 1. The van der Waals surface area contributed by atoms with Crippen LogP contribution in [0.1, 0.15) is 37.7 Å². The van der Waals surface area contributed by atoms with Gasteiger partial charge in [-0.05, 0) is 43.4 Å². The van der Waals surface area contributed by atoms with Crippen LogP contribution in [0.4, 0.5) is 0 Å². The molecule has 2 N–H and O–H groups in total. The number of aromatic nitrogens is 1. The van der Waals surface area contributed by atoms with Gasteiger partial charge in [0.2, 0.25) is 5.91 Å². The molecular formula is C23H29N3O2. The maximum Gasteiger partial charge on any atom is 0.223 e. The lowest BCUT2D eigenvalue weighted by Gasteiger charge is -2.31. The fraction of sp³-hybridized carbons (Fsp3) is 0.609. The van der Waals surface area contributed by atoms with Crippen molar-refractivity contribution in [1.82, 2.24) is 15.2 Å². The Morgan fingerprint density at radius 2 is 2.21 bits per heavy atom. The first kappa shape index (κ1) is 17.0. The molecule has 4 heterocycles. The van der Waals surface area contributed by atoms with E-state index >= 15 is 0 Å². The van der Waals surface area contributed by atoms with E-state index in [1.54, 1.807) is 0 Å². The lowest BCUT2D eigenvalue weighted by atomic mass is 9.73. The van der Waals surface area contributed by atoms with Gasteiger partial charge in [0.15, 0.2) is 0 Å². The highest BCUT2D eigenvalue weighted by molar-refractivity contribution is 5.82. The SMILES string of the molecule is O=C(NC[C@H]1[C@H]2CN(Cc3cccc4[nH]ccc34)C[C@]23CC[C@H]1O3)C1CCC1. The Morgan fingerprint density at radius 1 is 1.29 bits per heavy atom. The molecule has 1 amide bonds. The molecular weight excluding hydrogens is 350 g/mol. The maximum atomic E-state index is 12.3. The van der Waals surface area contributed by atoms with Crippen LogP contribution in [0.2, 0.25) is 0 Å². The van der Waals surface area contributed by atoms with E-state index in [2.05, 4.69) is 39.5 Å². The molecule has 28 heavy (non-hydrogen) atoms. The molecule has 1 aliphatic carbocycles. The summed E-state index contributed by atoms with van der Waals surface area (Å²) in [5, 5.41) is 4.59. The number of H-pyrrole nitrogens is 1. The fourth-order valence-electron chi connectivity index (χ4n) is 6.24. The first-order valence-electron chi connectivity index (χ1n) is 10.9. The molecule has 3 aliphatic heterocycles. The number of hydrogen-bond acceptors (Lipinski definition) is 3. The van der Waals surface area contributed by atoms with Crippen LogP contribution in [-0.4, -0.2) is 47.1 Å². The number of nitrogens with zero attached hydrogens (tertiary/aromatic N) is 1. The van der Waals surface area contributed by atoms with Crippen molar-refractivity contribution in [3.63, 3.8) is 0 Å². The monoisotopic (exact) mass is 379 g/mol. The highest BCUT2D eigenvalue weighted by Gasteiger charge is 2.62. The van der Waals surface area contributed by atoms with Crippen molar-refractivity contribution in [2.75, 3.05) is 19.6 Å². The van der Waals surface area contributed by atoms with Gasteiger partial charge in [-0.1, -0.05) is 18.6 Å². The van der Waals surface area contributed by atoms with Gasteiger partial charge in [0.25, 0.3) is 0 Å². The van der Waals surface area contributed by atoms with Crippen LogP contribution in [-0.2, 0) is 16.1 Å². The number of likely N-dealkylation sites (tertiary alicyclic amines) is 1. The minimum Gasteiger partial charge on any atom is -0.370 e. The van der Waals surface area contributed by atoms with Crippen LogP contribution in [0.5, 0.6) is 0 Å². The van der Waals surface area contributed by atoms with E-state index in [1.165, 1.54) is 29.3 Å². The normalized spacial score (nSPS) is 34.6. The Hall–Kier alpha value is -1.85. The molecule has 2 aromatic rings. The summed E-state index contributed by atoms with van der Waals surface area (Å²) in [5.74, 6) is 1.58. The van der Waals surface area contributed by atoms with E-state index in [4.69, 9.17) is 4.74 Å². The molecule has 2 bridgehead atoms. The second kappa shape index (κ2) is 6.33. The van der Waals surface area contributed by atoms with Gasteiger partial charge in [0, 0.05) is 61.0 Å². The topological polar surface area (TPSA) is 57.4 Å². The quantitative estimate of drug-likeness (QED) is 0.839. The minimum atomic E-state index is 0.0303. The number of aromatic amines is 1. The summed E-state index contributed by atoms with van der Waals surface area (Å²) in [6, 6.07) is 8.71. The van der Waals surface area contributed by atoms with Crippen molar-refractivity contribution >= 4 is 16.8 Å². The summed E-state index contributed by atoms with van der Waals surface area (Å²) in [7, 11) is 0. The highest BCUT2D eigenvalue weighted by Crippen LogP contribution is 2.54. The number of carbonyl (C=O) groups is 1. The molecule has 0 unspecified atom stereocenters. The number of amides is 1. The molecule has 1 saturated carbocycles. The third-order valence-electron chi connectivity index (χ3n) is 7.92. The van der Waals surface area contributed by atoms with Crippen LogP contribution >= 0.6 is 0 Å². The van der Waals surface area contributed by atoms with Gasteiger partial charge in [-0.2, -0.15) is 0 Å². The van der Waals surface area contributed by atoms with Crippen molar-refractivity contribution in [3.05, 3.63) is 36.0 Å². The first-order valence-corrected chi connectivity index (χ1v) is 10.9. The lowest BCUT2D eigenvalue weighted by molar-refractivity contribution is -0.127. The summed E-state index contributed by atoms with van der Waals surface area (Å²) < 4.78 is 6.57. The van der Waals surface area contributed by atoms with E-state index in [-0.39, 0.29) is 17.4 Å². The van der Waals surface area contributed by atoms with E-state index in [1.807, 2.05) is 6.20 Å². The largest absolute Gasteiger partial charge is 0.370 e. The van der Waals surface area contributed by atoms with Crippen molar-refractivity contribution in [2.24, 2.45) is 17.8 Å². The zero-order chi connectivity index (χ0) is 18.7. The van der Waals surface area contributed by atoms with Crippen LogP contribution < -0.4 is 5.32 Å². The number of carbonyl (C=O) groups excluding carboxylic acids is 1. The fourth-order valence-corrected chi connectivity index (χ4v) is 6.24. The van der Waals surface area contributed by atoms with Crippen LogP contribution in [0, 0.1) is 17.8 Å². The molecule has 1 spiro atoms. The Kier molecular flexibility index (Phi) is 3.85. The van der Waals surface area contributed by atoms with Gasteiger partial charge in [-0.25, -0.2) is 0 Å². The summed E-state index contributed by atoms with van der Waals surface area (Å²) in [4.78, 5) is 18.2. The Morgan fingerprint density at radius 3 is 3.07 bits per heavy atom. The predicted molar refractivity (Wildman–Crippen MR) is 108 cm³/mol. The van der Waals surface area contributed by atoms with Crippen molar-refractivity contribution < 1.29 is 9.53 Å². The highest BCUT2D eigenvalue weighted by atomic mass is 16.5. The van der Waals surface area contributed by atoms with Gasteiger partial charge >= 0.3 is 0 Å². The van der Waals surface area contributed by atoms with Gasteiger partial charge in [-0.3, -0.25) is 9.69 Å². The second-order valence-electron chi connectivity index (χ2n) is 9.43. The molecule has 6 rings (SSSR count). The van der Waals surface area contributed by atoms with Crippen LogP contribution in [0.25, 0.3) is 10.9 Å². The van der Waals surface area contributed by atoms with E-state index in [0.29, 0.717) is 17.9 Å². The Balaban J connectivity index is 1.16. The number of hydrogen-bond donors (Lipinski definition) is 2. The third-order valence-corrected chi connectivity index (χ3v) is 7.92. The molecule has 5 heteroatoms. The molecule has 4 aliphatic rings. The smallest absolute Gasteiger partial charge is 0.223 e. The lowest BCUT2D eigenvalue weighted by Crippen LogP contribution is -2.44. The van der Waals surface area contributed by atoms with E-state index in [9.17, 15) is 4.79 Å². The average molecular weight is 380 g/mol. The van der Waals surface area contributed by atoms with Crippen LogP contribution in [0.3, 0.4) is 0 Å². The molecule has 148 valence electrons. The van der Waals surface area contributed by atoms with Gasteiger partial charge < -0.3 is 15.0 Å². The zero-order valence-corrected chi connectivity index (χ0v) is 16.3. The van der Waals surface area contributed by atoms with Crippen LogP contribution in [0.15, 0.2) is 30.5 Å². The maximum absolute atomic E-state index is 12.3. The molecule has 3 saturated heterocycles. The molecule has 4 atom stereocenters. The molecule has 1 aromatic heterocycles. The van der Waals surface area contributed by atoms with Gasteiger partial charge in [0.1, 0.15) is 0 Å². The van der Waals surface area contributed by atoms with Gasteiger partial charge in [0.05, 0.1) is 11.7 Å². The second-order valence-corrected chi connectivity index (χ2v) is 9.43. The number of nitrogens with one attached hydrogen (secondary N) is 2. The summed E-state index contributed by atoms with van der Waals surface area (Å²) in [6.07, 6.45) is 8.06. The van der Waals surface area contributed by atoms with Crippen molar-refractivity contribution in [1.29, 1.82) is 0 Å². The van der Waals surface area contributed by atoms with Crippen molar-refractivity contribution in [3.8, 4) is 0 Å². The Labute approximate surface area is 165 Å². The molecule has 4 fully saturated rings. The number of rotatable bonds is 5.